The molecule has 2 aliphatic carbocycles. The zero-order valence-corrected chi connectivity index (χ0v) is 15.4. The van der Waals surface area contributed by atoms with Crippen LogP contribution in [0.2, 0.25) is 0 Å². The molecule has 0 aromatic carbocycles. The van der Waals surface area contributed by atoms with E-state index in [1.165, 1.54) is 0 Å². The maximum atomic E-state index is 12.0. The molecule has 2 aliphatic rings. The molecule has 6 heteroatoms. The van der Waals surface area contributed by atoms with Gasteiger partial charge in [-0.25, -0.2) is 0 Å². The summed E-state index contributed by atoms with van der Waals surface area (Å²) in [5, 5.41) is 19.6. The third-order valence-corrected chi connectivity index (χ3v) is 5.31. The smallest absolute Gasteiger partial charge is 0.306 e. The largest absolute Gasteiger partial charge is 0.461 e. The Balaban J connectivity index is 1.85. The number of Topliss-reactive ketones (excluding diaryl/α,β-unsaturated/α-hetero) is 1. The minimum atomic E-state index is -1.10. The van der Waals surface area contributed by atoms with Crippen molar-refractivity contribution in [3.8, 4) is 0 Å². The molecule has 0 bridgehead atoms. The van der Waals surface area contributed by atoms with Crippen LogP contribution in [0.15, 0.2) is 23.8 Å². The molecule has 0 aliphatic heterocycles. The van der Waals surface area contributed by atoms with E-state index in [2.05, 4.69) is 0 Å². The first-order valence-corrected chi connectivity index (χ1v) is 9.17. The Bertz CT molecular complexity index is 616. The van der Waals surface area contributed by atoms with E-state index in [4.69, 9.17) is 9.84 Å². The van der Waals surface area contributed by atoms with Gasteiger partial charge in [-0.1, -0.05) is 19.1 Å². The van der Waals surface area contributed by atoms with Gasteiger partial charge in [-0.3, -0.25) is 14.4 Å². The number of aliphatic hydroxyl groups excluding tert-OH is 1. The predicted octanol–water partition coefficient (Wildman–Crippen LogP) is 1.74. The van der Waals surface area contributed by atoms with Crippen LogP contribution in [0, 0.1) is 17.8 Å². The molecule has 2 rings (SSSR count). The number of carbonyl (C=O) groups excluding carboxylic acids is 3. The molecule has 0 aromatic rings. The van der Waals surface area contributed by atoms with Crippen molar-refractivity contribution < 1.29 is 29.3 Å². The van der Waals surface area contributed by atoms with Crippen molar-refractivity contribution in [1.82, 2.24) is 0 Å². The Morgan fingerprint density at radius 2 is 2.12 bits per heavy atom. The van der Waals surface area contributed by atoms with Gasteiger partial charge in [-0.05, 0) is 43.8 Å². The Labute approximate surface area is 153 Å². The number of aliphatic hydroxyl groups is 2. The molecular formula is C20H28O6. The standard InChI is InChI=1S/C20H28O6/c1-13(11-21)17(22)6-4-8-19(24)26-12-15-9-16-14(10-20(15,2)25)5-3-7-18(16)23/h3,7,9,13-14,16,21,25H,4-6,8,10-12H2,1-2H3. The van der Waals surface area contributed by atoms with Gasteiger partial charge in [0.15, 0.2) is 5.78 Å². The first-order valence-electron chi connectivity index (χ1n) is 9.17. The van der Waals surface area contributed by atoms with Gasteiger partial charge in [0, 0.05) is 24.7 Å². The zero-order valence-electron chi connectivity index (χ0n) is 15.4. The van der Waals surface area contributed by atoms with E-state index in [0.29, 0.717) is 18.4 Å². The summed E-state index contributed by atoms with van der Waals surface area (Å²) in [6.45, 7) is 3.09. The number of esters is 1. The number of carbonyl (C=O) groups is 3. The lowest BCUT2D eigenvalue weighted by atomic mass is 9.69. The van der Waals surface area contributed by atoms with Crippen molar-refractivity contribution in [3.05, 3.63) is 23.8 Å². The molecule has 144 valence electrons. The molecule has 0 fully saturated rings. The molecule has 26 heavy (non-hydrogen) atoms. The van der Waals surface area contributed by atoms with Gasteiger partial charge in [0.05, 0.1) is 12.2 Å². The molecule has 6 nitrogen and oxygen atoms in total. The van der Waals surface area contributed by atoms with Gasteiger partial charge in [-0.15, -0.1) is 0 Å². The van der Waals surface area contributed by atoms with E-state index in [-0.39, 0.29) is 49.5 Å². The summed E-state index contributed by atoms with van der Waals surface area (Å²) in [7, 11) is 0. The highest BCUT2D eigenvalue weighted by Gasteiger charge is 2.41. The van der Waals surface area contributed by atoms with Gasteiger partial charge < -0.3 is 14.9 Å². The highest BCUT2D eigenvalue weighted by atomic mass is 16.5. The van der Waals surface area contributed by atoms with E-state index >= 15 is 0 Å². The fraction of sp³-hybridized carbons (Fsp3) is 0.650. The Morgan fingerprint density at radius 3 is 2.81 bits per heavy atom. The van der Waals surface area contributed by atoms with Crippen LogP contribution in [-0.4, -0.2) is 46.6 Å². The third-order valence-electron chi connectivity index (χ3n) is 5.31. The van der Waals surface area contributed by atoms with E-state index in [9.17, 15) is 19.5 Å². The molecule has 0 heterocycles. The Hall–Kier alpha value is -1.79. The second-order valence-corrected chi connectivity index (χ2v) is 7.56. The van der Waals surface area contributed by atoms with Crippen LogP contribution in [0.5, 0.6) is 0 Å². The number of allylic oxidation sites excluding steroid dienone is 3. The first kappa shape index (κ1) is 20.5. The second kappa shape index (κ2) is 8.73. The van der Waals surface area contributed by atoms with Crippen molar-refractivity contribution in [3.63, 3.8) is 0 Å². The Kier molecular flexibility index (Phi) is 6.89. The zero-order chi connectivity index (χ0) is 19.3. The van der Waals surface area contributed by atoms with Gasteiger partial charge in [0.2, 0.25) is 0 Å². The number of hydrogen-bond acceptors (Lipinski definition) is 6. The van der Waals surface area contributed by atoms with Gasteiger partial charge >= 0.3 is 5.97 Å². The van der Waals surface area contributed by atoms with Gasteiger partial charge in [-0.2, -0.15) is 0 Å². The second-order valence-electron chi connectivity index (χ2n) is 7.56. The van der Waals surface area contributed by atoms with Crippen LogP contribution >= 0.6 is 0 Å². The van der Waals surface area contributed by atoms with Crippen LogP contribution in [-0.2, 0) is 19.1 Å². The van der Waals surface area contributed by atoms with E-state index in [1.807, 2.05) is 6.08 Å². The predicted molar refractivity (Wildman–Crippen MR) is 95.1 cm³/mol. The fourth-order valence-corrected chi connectivity index (χ4v) is 3.50. The van der Waals surface area contributed by atoms with E-state index in [1.54, 1.807) is 26.0 Å². The minimum absolute atomic E-state index is 0.0251. The maximum absolute atomic E-state index is 12.0. The third kappa shape index (κ3) is 5.11. The summed E-state index contributed by atoms with van der Waals surface area (Å²) in [4.78, 5) is 35.6. The van der Waals surface area contributed by atoms with Crippen molar-refractivity contribution in [1.29, 1.82) is 0 Å². The molecule has 0 amide bonds. The molecule has 0 aromatic heterocycles. The minimum Gasteiger partial charge on any atom is -0.461 e. The average Bonchev–Trinajstić information content (AvgIpc) is 2.58. The van der Waals surface area contributed by atoms with Gasteiger partial charge in [0.25, 0.3) is 0 Å². The molecule has 4 unspecified atom stereocenters. The molecule has 0 saturated carbocycles. The quantitative estimate of drug-likeness (QED) is 0.503. The summed E-state index contributed by atoms with van der Waals surface area (Å²) in [6, 6.07) is 0. The molecular weight excluding hydrogens is 336 g/mol. The molecule has 0 spiro atoms. The van der Waals surface area contributed by atoms with Crippen molar-refractivity contribution in [2.45, 2.75) is 51.6 Å². The summed E-state index contributed by atoms with van der Waals surface area (Å²) >= 11 is 0. The molecule has 2 N–H and O–H groups in total. The van der Waals surface area contributed by atoms with Crippen molar-refractivity contribution in [2.24, 2.45) is 17.8 Å². The lowest BCUT2D eigenvalue weighted by molar-refractivity contribution is -0.143. The van der Waals surface area contributed by atoms with E-state index < -0.39 is 17.5 Å². The van der Waals surface area contributed by atoms with Crippen LogP contribution in [0.4, 0.5) is 0 Å². The normalized spacial score (nSPS) is 28.9. The first-order chi connectivity index (χ1) is 12.2. The lowest BCUT2D eigenvalue weighted by Gasteiger charge is -2.39. The summed E-state index contributed by atoms with van der Waals surface area (Å²) < 4.78 is 5.24. The highest BCUT2D eigenvalue weighted by Crippen LogP contribution is 2.40. The van der Waals surface area contributed by atoms with Gasteiger partial charge in [0.1, 0.15) is 12.4 Å². The highest BCUT2D eigenvalue weighted by molar-refractivity contribution is 5.94. The van der Waals surface area contributed by atoms with Crippen LogP contribution < -0.4 is 0 Å². The van der Waals surface area contributed by atoms with Crippen LogP contribution in [0.25, 0.3) is 0 Å². The van der Waals surface area contributed by atoms with Crippen molar-refractivity contribution >= 4 is 17.5 Å². The summed E-state index contributed by atoms with van der Waals surface area (Å²) in [5.74, 6) is -1.08. The molecule has 4 atom stereocenters. The number of ether oxygens (including phenoxy) is 1. The van der Waals surface area contributed by atoms with Crippen LogP contribution in [0.1, 0.15) is 46.0 Å². The summed E-state index contributed by atoms with van der Waals surface area (Å²) in [5.41, 5.74) is -0.542. The number of rotatable bonds is 8. The van der Waals surface area contributed by atoms with E-state index in [0.717, 1.165) is 6.42 Å². The monoisotopic (exact) mass is 364 g/mol. The number of hydrogen-bond donors (Lipinski definition) is 2. The maximum Gasteiger partial charge on any atom is 0.306 e. The molecule has 0 radical (unpaired) electrons. The number of ketones is 2. The van der Waals surface area contributed by atoms with Crippen LogP contribution in [0.3, 0.4) is 0 Å². The fourth-order valence-electron chi connectivity index (χ4n) is 3.50. The SMILES string of the molecule is CC(CO)C(=O)CCCC(=O)OCC1=CC2C(=O)C=CCC2CC1(C)O. The average molecular weight is 364 g/mol. The molecule has 0 saturated heterocycles. The Morgan fingerprint density at radius 1 is 1.38 bits per heavy atom. The topological polar surface area (TPSA) is 101 Å². The number of fused-ring (bicyclic) bond motifs is 1. The van der Waals surface area contributed by atoms with Crippen molar-refractivity contribution in [2.75, 3.05) is 13.2 Å². The summed E-state index contributed by atoms with van der Waals surface area (Å²) in [6.07, 6.45) is 7.09. The lowest BCUT2D eigenvalue weighted by Crippen LogP contribution is -2.41.